The smallest absolute Gasteiger partial charge is 0.340 e. The molecule has 8 nitrogen and oxygen atoms in total. The fourth-order valence-electron chi connectivity index (χ4n) is 3.46. The van der Waals surface area contributed by atoms with E-state index in [-0.39, 0.29) is 22.4 Å². The SMILES string of the molecule is COC(=O)C1=C(C)N(CCc2ccc(OC)cc2)C(=O)/C1=C\c1ccccc1[N+](=O)[O-]. The third-order valence-electron chi connectivity index (χ3n) is 5.12. The van der Waals surface area contributed by atoms with E-state index in [1.807, 2.05) is 24.3 Å². The Hall–Kier alpha value is -3.94. The predicted octanol–water partition coefficient (Wildman–Crippen LogP) is 3.52. The second-order valence-corrected chi connectivity index (χ2v) is 6.88. The van der Waals surface area contributed by atoms with Crippen molar-refractivity contribution < 1.29 is 24.0 Å². The van der Waals surface area contributed by atoms with Crippen LogP contribution in [0.15, 0.2) is 65.4 Å². The van der Waals surface area contributed by atoms with Crippen molar-refractivity contribution in [1.29, 1.82) is 0 Å². The molecule has 2 aromatic rings. The zero-order valence-electron chi connectivity index (χ0n) is 17.5. The number of ether oxygens (including phenoxy) is 2. The Balaban J connectivity index is 1.94. The van der Waals surface area contributed by atoms with Crippen molar-refractivity contribution in [3.8, 4) is 5.75 Å². The van der Waals surface area contributed by atoms with Gasteiger partial charge in [0.05, 0.1) is 35.9 Å². The Morgan fingerprint density at radius 2 is 1.81 bits per heavy atom. The highest BCUT2D eigenvalue weighted by molar-refractivity contribution is 6.16. The van der Waals surface area contributed by atoms with Crippen LogP contribution in [-0.2, 0) is 20.7 Å². The molecule has 0 spiro atoms. The average molecular weight is 422 g/mol. The van der Waals surface area contributed by atoms with Gasteiger partial charge in [0.25, 0.3) is 11.6 Å². The molecule has 0 atom stereocenters. The topological polar surface area (TPSA) is 99.0 Å². The molecular formula is C23H22N2O6. The molecule has 160 valence electrons. The van der Waals surface area contributed by atoms with Gasteiger partial charge in [-0.1, -0.05) is 24.3 Å². The van der Waals surface area contributed by atoms with E-state index in [0.29, 0.717) is 18.7 Å². The van der Waals surface area contributed by atoms with Crippen LogP contribution >= 0.6 is 0 Å². The maximum Gasteiger partial charge on any atom is 0.340 e. The fraction of sp³-hybridized carbons (Fsp3) is 0.217. The third-order valence-corrected chi connectivity index (χ3v) is 5.12. The highest BCUT2D eigenvalue weighted by Crippen LogP contribution is 2.33. The van der Waals surface area contributed by atoms with Crippen LogP contribution in [0.25, 0.3) is 6.08 Å². The second kappa shape index (κ2) is 9.25. The zero-order valence-corrected chi connectivity index (χ0v) is 17.5. The number of rotatable bonds is 7. The van der Waals surface area contributed by atoms with Crippen molar-refractivity contribution >= 4 is 23.6 Å². The molecule has 2 aromatic carbocycles. The van der Waals surface area contributed by atoms with Crippen molar-refractivity contribution in [3.63, 3.8) is 0 Å². The molecule has 0 unspecified atom stereocenters. The van der Waals surface area contributed by atoms with Gasteiger partial charge in [-0.05, 0) is 43.2 Å². The summed E-state index contributed by atoms with van der Waals surface area (Å²) in [5, 5.41) is 11.4. The first kappa shape index (κ1) is 21.8. The Morgan fingerprint density at radius 1 is 1.13 bits per heavy atom. The van der Waals surface area contributed by atoms with Crippen molar-refractivity contribution in [1.82, 2.24) is 4.90 Å². The first-order chi connectivity index (χ1) is 14.9. The van der Waals surface area contributed by atoms with Crippen molar-refractivity contribution in [2.24, 2.45) is 0 Å². The molecule has 0 aliphatic carbocycles. The lowest BCUT2D eigenvalue weighted by Gasteiger charge is -2.18. The Morgan fingerprint density at radius 3 is 2.42 bits per heavy atom. The zero-order chi connectivity index (χ0) is 22.5. The molecular weight excluding hydrogens is 400 g/mol. The van der Waals surface area contributed by atoms with Crippen LogP contribution in [0, 0.1) is 10.1 Å². The summed E-state index contributed by atoms with van der Waals surface area (Å²) < 4.78 is 10.0. The van der Waals surface area contributed by atoms with Crippen LogP contribution in [-0.4, -0.2) is 42.5 Å². The molecule has 0 saturated heterocycles. The average Bonchev–Trinajstić information content (AvgIpc) is 3.01. The molecule has 0 aromatic heterocycles. The molecule has 0 bridgehead atoms. The van der Waals surface area contributed by atoms with Gasteiger partial charge in [0.2, 0.25) is 0 Å². The minimum Gasteiger partial charge on any atom is -0.497 e. The standard InChI is InChI=1S/C23H22N2O6/c1-15-21(23(27)31-3)19(14-17-6-4-5-7-20(17)25(28)29)22(26)24(15)13-12-16-8-10-18(30-2)11-9-16/h4-11,14H,12-13H2,1-3H3/b19-14-. The van der Waals surface area contributed by atoms with E-state index in [0.717, 1.165) is 11.3 Å². The minimum atomic E-state index is -0.664. The summed E-state index contributed by atoms with van der Waals surface area (Å²) in [6, 6.07) is 13.5. The highest BCUT2D eigenvalue weighted by atomic mass is 16.6. The molecule has 0 radical (unpaired) electrons. The third kappa shape index (κ3) is 4.48. The molecule has 3 rings (SSSR count). The lowest BCUT2D eigenvalue weighted by Crippen LogP contribution is -2.27. The number of nitro groups is 1. The van der Waals surface area contributed by atoms with E-state index in [1.54, 1.807) is 26.2 Å². The number of nitrogens with zero attached hydrogens (tertiary/aromatic N) is 2. The monoisotopic (exact) mass is 422 g/mol. The molecule has 1 aliphatic rings. The largest absolute Gasteiger partial charge is 0.497 e. The van der Waals surface area contributed by atoms with Gasteiger partial charge in [-0.2, -0.15) is 0 Å². The van der Waals surface area contributed by atoms with Crippen molar-refractivity contribution in [2.45, 2.75) is 13.3 Å². The molecule has 1 heterocycles. The van der Waals surface area contributed by atoms with Gasteiger partial charge >= 0.3 is 5.97 Å². The highest BCUT2D eigenvalue weighted by Gasteiger charge is 2.37. The van der Waals surface area contributed by atoms with Crippen LogP contribution in [0.1, 0.15) is 18.1 Å². The minimum absolute atomic E-state index is 0.0772. The number of methoxy groups -OCH3 is 2. The van der Waals surface area contributed by atoms with Crippen LogP contribution in [0.3, 0.4) is 0 Å². The lowest BCUT2D eigenvalue weighted by atomic mass is 10.0. The summed E-state index contributed by atoms with van der Waals surface area (Å²) >= 11 is 0. The summed E-state index contributed by atoms with van der Waals surface area (Å²) in [5.74, 6) is -0.327. The number of nitro benzene ring substituents is 1. The van der Waals surface area contributed by atoms with E-state index in [2.05, 4.69) is 0 Å². The van der Waals surface area contributed by atoms with E-state index < -0.39 is 16.8 Å². The first-order valence-corrected chi connectivity index (χ1v) is 9.56. The van der Waals surface area contributed by atoms with Gasteiger partial charge < -0.3 is 14.4 Å². The maximum absolute atomic E-state index is 13.2. The Kier molecular flexibility index (Phi) is 6.49. The molecule has 0 N–H and O–H groups in total. The van der Waals surface area contributed by atoms with Crippen LogP contribution in [0.2, 0.25) is 0 Å². The molecule has 8 heteroatoms. The number of benzene rings is 2. The van der Waals surface area contributed by atoms with Gasteiger partial charge in [0, 0.05) is 18.3 Å². The summed E-state index contributed by atoms with van der Waals surface area (Å²) in [4.78, 5) is 37.9. The van der Waals surface area contributed by atoms with E-state index >= 15 is 0 Å². The van der Waals surface area contributed by atoms with Gasteiger partial charge in [-0.3, -0.25) is 14.9 Å². The van der Waals surface area contributed by atoms with Gasteiger partial charge in [-0.15, -0.1) is 0 Å². The Bertz CT molecular complexity index is 1090. The molecule has 1 amide bonds. The number of amides is 1. The quantitative estimate of drug-likeness (QED) is 0.293. The number of hydrogen-bond acceptors (Lipinski definition) is 6. The van der Waals surface area contributed by atoms with E-state index in [9.17, 15) is 19.7 Å². The number of carbonyl (C=O) groups excluding carboxylic acids is 2. The van der Waals surface area contributed by atoms with E-state index in [4.69, 9.17) is 9.47 Å². The fourth-order valence-corrected chi connectivity index (χ4v) is 3.46. The second-order valence-electron chi connectivity index (χ2n) is 6.88. The Labute approximate surface area is 179 Å². The van der Waals surface area contributed by atoms with Crippen LogP contribution < -0.4 is 4.74 Å². The molecule has 1 aliphatic heterocycles. The first-order valence-electron chi connectivity index (χ1n) is 9.56. The van der Waals surface area contributed by atoms with Crippen LogP contribution in [0.5, 0.6) is 5.75 Å². The van der Waals surface area contributed by atoms with Crippen molar-refractivity contribution in [2.75, 3.05) is 20.8 Å². The summed E-state index contributed by atoms with van der Waals surface area (Å²) in [5.41, 5.74) is 1.73. The summed E-state index contributed by atoms with van der Waals surface area (Å²) in [6.07, 6.45) is 1.93. The van der Waals surface area contributed by atoms with Gasteiger partial charge in [0.15, 0.2) is 0 Å². The summed E-state index contributed by atoms with van der Waals surface area (Å²) in [6.45, 7) is 2.00. The molecule has 31 heavy (non-hydrogen) atoms. The van der Waals surface area contributed by atoms with E-state index in [1.165, 1.54) is 30.2 Å². The van der Waals surface area contributed by atoms with Crippen molar-refractivity contribution in [3.05, 3.63) is 86.6 Å². The van der Waals surface area contributed by atoms with Gasteiger partial charge in [0.1, 0.15) is 5.75 Å². The molecule has 0 saturated carbocycles. The maximum atomic E-state index is 13.2. The molecule has 0 fully saturated rings. The number of para-hydroxylation sites is 1. The lowest BCUT2D eigenvalue weighted by molar-refractivity contribution is -0.385. The number of carbonyl (C=O) groups is 2. The number of esters is 1. The predicted molar refractivity (Wildman–Crippen MR) is 114 cm³/mol. The number of allylic oxidation sites excluding steroid dienone is 1. The van der Waals surface area contributed by atoms with Crippen LogP contribution in [0.4, 0.5) is 5.69 Å². The van der Waals surface area contributed by atoms with Gasteiger partial charge in [-0.25, -0.2) is 4.79 Å². The summed E-state index contributed by atoms with van der Waals surface area (Å²) in [7, 11) is 2.82. The number of hydrogen-bond donors (Lipinski definition) is 0. The normalized spacial score (nSPS) is 14.9.